The van der Waals surface area contributed by atoms with Gasteiger partial charge in [0, 0.05) is 9.72 Å². The molecule has 0 spiro atoms. The van der Waals surface area contributed by atoms with E-state index in [9.17, 15) is 0 Å². The summed E-state index contributed by atoms with van der Waals surface area (Å²) in [6.45, 7) is 2.03. The van der Waals surface area contributed by atoms with E-state index in [0.717, 1.165) is 10.6 Å². The Morgan fingerprint density at radius 3 is 2.75 bits per heavy atom. The summed E-state index contributed by atoms with van der Waals surface area (Å²) in [4.78, 5) is 0. The molecule has 0 radical (unpaired) electrons. The predicted molar refractivity (Wildman–Crippen MR) is 88.9 cm³/mol. The largest absolute Gasteiger partial charge is 0.309 e. The van der Waals surface area contributed by atoms with Crippen LogP contribution in [0.25, 0.3) is 10.1 Å². The second-order valence-electron chi connectivity index (χ2n) is 4.92. The van der Waals surface area contributed by atoms with Crippen LogP contribution in [0.15, 0.2) is 47.8 Å². The highest BCUT2D eigenvalue weighted by molar-refractivity contribution is 7.17. The summed E-state index contributed by atoms with van der Waals surface area (Å²) in [7, 11) is 1.99. The summed E-state index contributed by atoms with van der Waals surface area (Å²) in [5.74, 6) is 0. The van der Waals surface area contributed by atoms with E-state index >= 15 is 0 Å². The number of rotatable bonds is 3. The molecule has 1 unspecified atom stereocenters. The average molecular weight is 302 g/mol. The maximum absolute atomic E-state index is 6.27. The van der Waals surface area contributed by atoms with Gasteiger partial charge in [0.25, 0.3) is 0 Å². The second kappa shape index (κ2) is 5.57. The molecule has 0 aliphatic heterocycles. The minimum absolute atomic E-state index is 0.162. The highest BCUT2D eigenvalue weighted by Gasteiger charge is 2.16. The Morgan fingerprint density at radius 2 is 2.00 bits per heavy atom. The van der Waals surface area contributed by atoms with E-state index in [2.05, 4.69) is 53.2 Å². The van der Waals surface area contributed by atoms with E-state index in [1.165, 1.54) is 21.2 Å². The fraction of sp³-hybridized carbons (Fsp3) is 0.176. The van der Waals surface area contributed by atoms with Crippen LogP contribution < -0.4 is 5.32 Å². The summed E-state index contributed by atoms with van der Waals surface area (Å²) in [5, 5.41) is 7.67. The number of hydrogen-bond acceptors (Lipinski definition) is 2. The van der Waals surface area contributed by atoms with Crippen molar-refractivity contribution in [2.75, 3.05) is 7.05 Å². The molecule has 1 aromatic heterocycles. The smallest absolute Gasteiger partial charge is 0.0589 e. The van der Waals surface area contributed by atoms with Crippen LogP contribution in [0.3, 0.4) is 0 Å². The molecule has 3 heteroatoms. The summed E-state index contributed by atoms with van der Waals surface area (Å²) in [5.41, 5.74) is 3.61. The van der Waals surface area contributed by atoms with Gasteiger partial charge in [-0.3, -0.25) is 0 Å². The van der Waals surface area contributed by atoms with Gasteiger partial charge in [0.2, 0.25) is 0 Å². The first-order valence-electron chi connectivity index (χ1n) is 6.60. The number of fused-ring (bicyclic) bond motifs is 1. The Balaban J connectivity index is 2.13. The van der Waals surface area contributed by atoms with Crippen molar-refractivity contribution in [2.45, 2.75) is 13.0 Å². The van der Waals surface area contributed by atoms with Gasteiger partial charge < -0.3 is 5.32 Å². The molecular weight excluding hydrogens is 286 g/mol. The van der Waals surface area contributed by atoms with Gasteiger partial charge in [0.1, 0.15) is 0 Å². The maximum Gasteiger partial charge on any atom is 0.0589 e. The third-order valence-corrected chi connectivity index (χ3v) is 5.02. The van der Waals surface area contributed by atoms with E-state index in [1.54, 1.807) is 11.3 Å². The molecular formula is C17H16ClNS. The molecule has 0 saturated heterocycles. The Kier molecular flexibility index (Phi) is 3.79. The van der Waals surface area contributed by atoms with Gasteiger partial charge >= 0.3 is 0 Å². The molecule has 20 heavy (non-hydrogen) atoms. The van der Waals surface area contributed by atoms with Crippen molar-refractivity contribution in [1.82, 2.24) is 5.32 Å². The quantitative estimate of drug-likeness (QED) is 0.703. The highest BCUT2D eigenvalue weighted by Crippen LogP contribution is 2.33. The molecule has 0 bridgehead atoms. The molecule has 1 atom stereocenters. The molecule has 102 valence electrons. The first-order chi connectivity index (χ1) is 9.70. The molecule has 0 amide bonds. The van der Waals surface area contributed by atoms with Gasteiger partial charge in [-0.1, -0.05) is 41.9 Å². The van der Waals surface area contributed by atoms with Gasteiger partial charge in [-0.2, -0.15) is 0 Å². The lowest BCUT2D eigenvalue weighted by Crippen LogP contribution is -2.17. The first kappa shape index (κ1) is 13.6. The zero-order chi connectivity index (χ0) is 14.1. The monoisotopic (exact) mass is 301 g/mol. The molecule has 1 N–H and O–H groups in total. The van der Waals surface area contributed by atoms with Crippen LogP contribution in [0.2, 0.25) is 5.02 Å². The molecule has 0 saturated carbocycles. The first-order valence-corrected chi connectivity index (χ1v) is 7.86. The Bertz CT molecular complexity index is 748. The Labute approximate surface area is 128 Å². The normalized spacial score (nSPS) is 12.8. The molecule has 0 fully saturated rings. The molecule has 1 heterocycles. The van der Waals surface area contributed by atoms with Gasteiger partial charge in [-0.05, 0) is 53.6 Å². The number of thiophene rings is 1. The zero-order valence-electron chi connectivity index (χ0n) is 11.5. The van der Waals surface area contributed by atoms with Crippen LogP contribution >= 0.6 is 22.9 Å². The molecule has 3 rings (SSSR count). The minimum Gasteiger partial charge on any atom is -0.309 e. The van der Waals surface area contributed by atoms with Crippen LogP contribution in [0, 0.1) is 6.92 Å². The van der Waals surface area contributed by atoms with Crippen LogP contribution in [0.1, 0.15) is 22.7 Å². The van der Waals surface area contributed by atoms with E-state index in [0.29, 0.717) is 0 Å². The van der Waals surface area contributed by atoms with E-state index in [1.807, 2.05) is 14.0 Å². The van der Waals surface area contributed by atoms with Crippen molar-refractivity contribution in [3.63, 3.8) is 0 Å². The van der Waals surface area contributed by atoms with Gasteiger partial charge in [-0.15, -0.1) is 11.3 Å². The van der Waals surface area contributed by atoms with Crippen molar-refractivity contribution in [3.05, 3.63) is 69.6 Å². The van der Waals surface area contributed by atoms with Crippen molar-refractivity contribution in [3.8, 4) is 0 Å². The maximum atomic E-state index is 6.27. The van der Waals surface area contributed by atoms with Crippen LogP contribution in [0.4, 0.5) is 0 Å². The lowest BCUT2D eigenvalue weighted by Gasteiger charge is -2.19. The lowest BCUT2D eigenvalue weighted by molar-refractivity contribution is 0.697. The summed E-state index contributed by atoms with van der Waals surface area (Å²) in [6, 6.07) is 15.1. The SMILES string of the molecule is CNC(c1ccc(C)c(Cl)c1)c1cccc2ccsc12. The topological polar surface area (TPSA) is 12.0 Å². The molecule has 0 aliphatic carbocycles. The van der Waals surface area contributed by atoms with E-state index < -0.39 is 0 Å². The van der Waals surface area contributed by atoms with Crippen LogP contribution in [-0.4, -0.2) is 7.05 Å². The van der Waals surface area contributed by atoms with E-state index in [-0.39, 0.29) is 6.04 Å². The molecule has 2 aromatic carbocycles. The van der Waals surface area contributed by atoms with Crippen molar-refractivity contribution in [2.24, 2.45) is 0 Å². The third kappa shape index (κ3) is 2.35. The van der Waals surface area contributed by atoms with E-state index in [4.69, 9.17) is 11.6 Å². The highest BCUT2D eigenvalue weighted by atomic mass is 35.5. The van der Waals surface area contributed by atoms with Gasteiger partial charge in [0.05, 0.1) is 6.04 Å². The fourth-order valence-electron chi connectivity index (χ4n) is 2.53. The number of aryl methyl sites for hydroxylation is 1. The Hall–Kier alpha value is -1.35. The van der Waals surface area contributed by atoms with Crippen molar-refractivity contribution < 1.29 is 0 Å². The second-order valence-corrected chi connectivity index (χ2v) is 6.24. The van der Waals surface area contributed by atoms with Crippen molar-refractivity contribution >= 4 is 33.0 Å². The third-order valence-electron chi connectivity index (χ3n) is 3.64. The van der Waals surface area contributed by atoms with Gasteiger partial charge in [-0.25, -0.2) is 0 Å². The average Bonchev–Trinajstić information content (AvgIpc) is 2.93. The van der Waals surface area contributed by atoms with Crippen LogP contribution in [-0.2, 0) is 0 Å². The van der Waals surface area contributed by atoms with Crippen LogP contribution in [0.5, 0.6) is 0 Å². The fourth-order valence-corrected chi connectivity index (χ4v) is 3.67. The van der Waals surface area contributed by atoms with Crippen molar-refractivity contribution in [1.29, 1.82) is 0 Å². The summed E-state index contributed by atoms with van der Waals surface area (Å²) in [6.07, 6.45) is 0. The number of nitrogens with one attached hydrogen (secondary N) is 1. The van der Waals surface area contributed by atoms with Gasteiger partial charge in [0.15, 0.2) is 0 Å². The predicted octanol–water partition coefficient (Wildman–Crippen LogP) is 5.17. The standard InChI is InChI=1S/C17H16ClNS/c1-11-6-7-13(10-15(11)18)16(19-2)14-5-3-4-12-8-9-20-17(12)14/h3-10,16,19H,1-2H3. The molecule has 0 aliphatic rings. The minimum atomic E-state index is 0.162. The summed E-state index contributed by atoms with van der Waals surface area (Å²) >= 11 is 8.06. The molecule has 3 aromatic rings. The number of hydrogen-bond donors (Lipinski definition) is 1. The molecule has 1 nitrogen and oxygen atoms in total. The Morgan fingerprint density at radius 1 is 1.15 bits per heavy atom. The summed E-state index contributed by atoms with van der Waals surface area (Å²) < 4.78 is 1.34. The number of benzene rings is 2. The number of halogens is 1. The lowest BCUT2D eigenvalue weighted by atomic mass is 9.97. The zero-order valence-corrected chi connectivity index (χ0v) is 13.1.